The molecule has 0 amide bonds. The first-order valence-electron chi connectivity index (χ1n) is 8.82. The maximum Gasteiger partial charge on any atom is 0.150 e. The molecule has 132 valence electrons. The summed E-state index contributed by atoms with van der Waals surface area (Å²) in [6.07, 6.45) is 5.67. The maximum absolute atomic E-state index is 5.73. The lowest BCUT2D eigenvalue weighted by atomic mass is 10.0. The molecule has 4 heterocycles. The zero-order valence-corrected chi connectivity index (χ0v) is 14.2. The molecule has 25 heavy (non-hydrogen) atoms. The predicted molar refractivity (Wildman–Crippen MR) is 93.7 cm³/mol. The SMILES string of the molecule is c1ccc(Nc2ccnc(C3COCCN3C3CCOCC3)n2)nc1. The van der Waals surface area contributed by atoms with Gasteiger partial charge in [-0.05, 0) is 31.0 Å². The van der Waals surface area contributed by atoms with Crippen LogP contribution in [0.3, 0.4) is 0 Å². The molecule has 0 spiro atoms. The van der Waals surface area contributed by atoms with E-state index in [-0.39, 0.29) is 6.04 Å². The Balaban J connectivity index is 1.53. The van der Waals surface area contributed by atoms with Crippen molar-refractivity contribution < 1.29 is 9.47 Å². The summed E-state index contributed by atoms with van der Waals surface area (Å²) < 4.78 is 11.2. The molecule has 1 atom stereocenters. The fourth-order valence-electron chi connectivity index (χ4n) is 3.47. The predicted octanol–water partition coefficient (Wildman–Crippen LogP) is 2.17. The van der Waals surface area contributed by atoms with Gasteiger partial charge < -0.3 is 14.8 Å². The maximum atomic E-state index is 5.73. The van der Waals surface area contributed by atoms with E-state index in [1.165, 1.54) is 0 Å². The van der Waals surface area contributed by atoms with Gasteiger partial charge in [0.2, 0.25) is 0 Å². The third kappa shape index (κ3) is 3.95. The Morgan fingerprint density at radius 2 is 1.88 bits per heavy atom. The Bertz CT molecular complexity index is 678. The van der Waals surface area contributed by atoms with E-state index in [9.17, 15) is 0 Å². The number of morpholine rings is 1. The van der Waals surface area contributed by atoms with Crippen LogP contribution in [0.25, 0.3) is 0 Å². The third-order valence-corrected chi connectivity index (χ3v) is 4.72. The summed E-state index contributed by atoms with van der Waals surface area (Å²) in [4.78, 5) is 16.0. The van der Waals surface area contributed by atoms with Crippen LogP contribution in [-0.4, -0.2) is 58.9 Å². The third-order valence-electron chi connectivity index (χ3n) is 4.72. The fourth-order valence-corrected chi connectivity index (χ4v) is 3.47. The highest BCUT2D eigenvalue weighted by Crippen LogP contribution is 2.28. The lowest BCUT2D eigenvalue weighted by Gasteiger charge is -2.41. The molecular formula is C18H23N5O2. The molecule has 1 unspecified atom stereocenters. The fraction of sp³-hybridized carbons (Fsp3) is 0.500. The van der Waals surface area contributed by atoms with Crippen LogP contribution in [0.2, 0.25) is 0 Å². The van der Waals surface area contributed by atoms with Gasteiger partial charge in [-0.2, -0.15) is 0 Å². The molecule has 0 aromatic carbocycles. The topological polar surface area (TPSA) is 72.4 Å². The van der Waals surface area contributed by atoms with Crippen molar-refractivity contribution >= 4 is 11.6 Å². The minimum Gasteiger partial charge on any atom is -0.381 e. The highest BCUT2D eigenvalue weighted by molar-refractivity contribution is 5.50. The zero-order valence-electron chi connectivity index (χ0n) is 14.2. The summed E-state index contributed by atoms with van der Waals surface area (Å²) in [5, 5.41) is 3.24. The monoisotopic (exact) mass is 341 g/mol. The highest BCUT2D eigenvalue weighted by atomic mass is 16.5. The van der Waals surface area contributed by atoms with Gasteiger partial charge in [0.25, 0.3) is 0 Å². The van der Waals surface area contributed by atoms with E-state index in [0.717, 1.165) is 56.7 Å². The first-order valence-corrected chi connectivity index (χ1v) is 8.82. The molecule has 2 aromatic heterocycles. The molecular weight excluding hydrogens is 318 g/mol. The normalized spacial score (nSPS) is 22.6. The molecule has 2 aromatic rings. The number of anilines is 2. The number of nitrogens with zero attached hydrogens (tertiary/aromatic N) is 4. The van der Waals surface area contributed by atoms with Crippen molar-refractivity contribution in [1.29, 1.82) is 0 Å². The first-order chi connectivity index (χ1) is 12.4. The Morgan fingerprint density at radius 3 is 2.72 bits per heavy atom. The van der Waals surface area contributed by atoms with E-state index in [2.05, 4.69) is 20.2 Å². The summed E-state index contributed by atoms with van der Waals surface area (Å²) in [6.45, 7) is 3.97. The van der Waals surface area contributed by atoms with E-state index in [1.54, 1.807) is 12.4 Å². The second kappa shape index (κ2) is 7.86. The van der Waals surface area contributed by atoms with Gasteiger partial charge in [0, 0.05) is 38.2 Å². The highest BCUT2D eigenvalue weighted by Gasteiger charge is 2.33. The minimum absolute atomic E-state index is 0.0855. The van der Waals surface area contributed by atoms with Crippen molar-refractivity contribution in [3.8, 4) is 0 Å². The zero-order chi connectivity index (χ0) is 16.9. The van der Waals surface area contributed by atoms with Gasteiger partial charge in [-0.1, -0.05) is 6.07 Å². The molecule has 1 N–H and O–H groups in total. The average molecular weight is 341 g/mol. The van der Waals surface area contributed by atoms with Crippen LogP contribution in [0.4, 0.5) is 11.6 Å². The first kappa shape index (κ1) is 16.4. The van der Waals surface area contributed by atoms with Crippen LogP contribution >= 0.6 is 0 Å². The number of hydrogen-bond donors (Lipinski definition) is 1. The number of ether oxygens (including phenoxy) is 2. The van der Waals surface area contributed by atoms with Gasteiger partial charge in [0.1, 0.15) is 17.5 Å². The smallest absolute Gasteiger partial charge is 0.150 e. The summed E-state index contributed by atoms with van der Waals surface area (Å²) >= 11 is 0. The van der Waals surface area contributed by atoms with Crippen molar-refractivity contribution in [1.82, 2.24) is 19.9 Å². The molecule has 0 bridgehead atoms. The number of rotatable bonds is 4. The van der Waals surface area contributed by atoms with Crippen molar-refractivity contribution in [2.75, 3.05) is 38.3 Å². The van der Waals surface area contributed by atoms with Gasteiger partial charge in [-0.15, -0.1) is 0 Å². The van der Waals surface area contributed by atoms with Crippen molar-refractivity contribution in [3.05, 3.63) is 42.5 Å². The van der Waals surface area contributed by atoms with E-state index < -0.39 is 0 Å². The Morgan fingerprint density at radius 1 is 0.960 bits per heavy atom. The van der Waals surface area contributed by atoms with Gasteiger partial charge in [-0.25, -0.2) is 15.0 Å². The number of pyridine rings is 1. The lowest BCUT2D eigenvalue weighted by Crippen LogP contribution is -2.48. The molecule has 0 radical (unpaired) electrons. The molecule has 4 rings (SSSR count). The Labute approximate surface area is 147 Å². The van der Waals surface area contributed by atoms with E-state index in [0.29, 0.717) is 12.6 Å². The Hall–Kier alpha value is -2.09. The van der Waals surface area contributed by atoms with E-state index in [4.69, 9.17) is 14.5 Å². The van der Waals surface area contributed by atoms with Crippen LogP contribution in [0.15, 0.2) is 36.7 Å². The second-order valence-corrected chi connectivity index (χ2v) is 6.31. The van der Waals surface area contributed by atoms with Crippen molar-refractivity contribution in [2.45, 2.75) is 24.9 Å². The molecule has 0 saturated carbocycles. The van der Waals surface area contributed by atoms with Crippen molar-refractivity contribution in [2.24, 2.45) is 0 Å². The summed E-state index contributed by atoms with van der Waals surface area (Å²) in [5.41, 5.74) is 0. The van der Waals surface area contributed by atoms with Gasteiger partial charge in [0.15, 0.2) is 0 Å². The standard InChI is InChI=1S/C18H23N5O2/c1-2-7-19-16(3-1)21-17-4-8-20-18(22-17)15-13-25-12-9-23(15)14-5-10-24-11-6-14/h1-4,7-8,14-15H,5-6,9-13H2,(H,19,20,21,22). The molecule has 0 aliphatic carbocycles. The number of aromatic nitrogens is 3. The molecule has 7 nitrogen and oxygen atoms in total. The largest absolute Gasteiger partial charge is 0.381 e. The molecule has 2 aliphatic heterocycles. The van der Waals surface area contributed by atoms with Gasteiger partial charge in [0.05, 0.1) is 19.3 Å². The molecule has 2 fully saturated rings. The number of nitrogens with one attached hydrogen (secondary N) is 1. The van der Waals surface area contributed by atoms with E-state index in [1.807, 2.05) is 24.3 Å². The minimum atomic E-state index is 0.0855. The van der Waals surface area contributed by atoms with Gasteiger partial charge in [-0.3, -0.25) is 4.90 Å². The molecule has 2 saturated heterocycles. The van der Waals surface area contributed by atoms with Crippen LogP contribution in [0, 0.1) is 0 Å². The molecule has 7 heteroatoms. The quantitative estimate of drug-likeness (QED) is 0.913. The second-order valence-electron chi connectivity index (χ2n) is 6.31. The van der Waals surface area contributed by atoms with Crippen LogP contribution in [0.1, 0.15) is 24.7 Å². The average Bonchev–Trinajstić information content (AvgIpc) is 2.70. The summed E-state index contributed by atoms with van der Waals surface area (Å²) in [5.74, 6) is 2.32. The van der Waals surface area contributed by atoms with Crippen LogP contribution in [-0.2, 0) is 9.47 Å². The summed E-state index contributed by atoms with van der Waals surface area (Å²) in [6, 6.07) is 8.21. The van der Waals surface area contributed by atoms with Gasteiger partial charge >= 0.3 is 0 Å². The van der Waals surface area contributed by atoms with Crippen molar-refractivity contribution in [3.63, 3.8) is 0 Å². The van der Waals surface area contributed by atoms with Crippen LogP contribution < -0.4 is 5.32 Å². The lowest BCUT2D eigenvalue weighted by molar-refractivity contribution is -0.0591. The van der Waals surface area contributed by atoms with Crippen LogP contribution in [0.5, 0.6) is 0 Å². The Kier molecular flexibility index (Phi) is 5.15. The summed E-state index contributed by atoms with van der Waals surface area (Å²) in [7, 11) is 0. The number of hydrogen-bond acceptors (Lipinski definition) is 7. The van der Waals surface area contributed by atoms with E-state index >= 15 is 0 Å². The molecule has 2 aliphatic rings.